The molecule has 1 aromatic heterocycles. The molecule has 0 aliphatic rings. The van der Waals surface area contributed by atoms with E-state index in [1.807, 2.05) is 22.8 Å². The van der Waals surface area contributed by atoms with E-state index in [9.17, 15) is 4.79 Å². The summed E-state index contributed by atoms with van der Waals surface area (Å²) in [6.07, 6.45) is 4.38. The second-order valence-electron chi connectivity index (χ2n) is 3.91. The Morgan fingerprint density at radius 3 is 2.76 bits per heavy atom. The zero-order valence-electron chi connectivity index (χ0n) is 9.41. The molecule has 0 radical (unpaired) electrons. The van der Waals surface area contributed by atoms with Crippen LogP contribution in [0.1, 0.15) is 11.3 Å². The number of carboxylic acids is 1. The Morgan fingerprint density at radius 2 is 2.06 bits per heavy atom. The lowest BCUT2D eigenvalue weighted by molar-refractivity contribution is -0.136. The average Bonchev–Trinajstić information content (AvgIpc) is 2.75. The van der Waals surface area contributed by atoms with Crippen molar-refractivity contribution in [1.29, 1.82) is 0 Å². The van der Waals surface area contributed by atoms with Crippen molar-refractivity contribution >= 4 is 5.97 Å². The van der Waals surface area contributed by atoms with Gasteiger partial charge in [-0.05, 0) is 12.0 Å². The fourth-order valence-corrected chi connectivity index (χ4v) is 1.68. The molecule has 0 fully saturated rings. The number of carbonyl (C=O) groups is 1. The highest BCUT2D eigenvalue weighted by molar-refractivity contribution is 5.69. The van der Waals surface area contributed by atoms with Crippen LogP contribution in [0.3, 0.4) is 0 Å². The number of aryl methyl sites for hydroxylation is 2. The maximum absolute atomic E-state index is 10.5. The predicted molar refractivity (Wildman–Crippen MR) is 63.7 cm³/mol. The average molecular weight is 230 g/mol. The highest BCUT2D eigenvalue weighted by atomic mass is 16.4. The summed E-state index contributed by atoms with van der Waals surface area (Å²) in [5, 5.41) is 8.63. The number of imidazole rings is 1. The molecule has 88 valence electrons. The van der Waals surface area contributed by atoms with Crippen molar-refractivity contribution in [1.82, 2.24) is 9.55 Å². The van der Waals surface area contributed by atoms with Gasteiger partial charge in [-0.3, -0.25) is 4.79 Å². The van der Waals surface area contributed by atoms with Gasteiger partial charge in [-0.1, -0.05) is 30.3 Å². The minimum Gasteiger partial charge on any atom is -0.481 e. The van der Waals surface area contributed by atoms with E-state index in [0.717, 1.165) is 13.0 Å². The lowest BCUT2D eigenvalue weighted by Gasteiger charge is -2.01. The minimum atomic E-state index is -0.849. The van der Waals surface area contributed by atoms with Crippen LogP contribution in [0.5, 0.6) is 0 Å². The van der Waals surface area contributed by atoms with Crippen molar-refractivity contribution in [2.75, 3.05) is 0 Å². The lowest BCUT2D eigenvalue weighted by atomic mass is 10.1. The van der Waals surface area contributed by atoms with Gasteiger partial charge in [0.15, 0.2) is 0 Å². The normalized spacial score (nSPS) is 10.4. The van der Waals surface area contributed by atoms with E-state index in [-0.39, 0.29) is 6.42 Å². The molecule has 0 amide bonds. The third-order valence-electron chi connectivity index (χ3n) is 2.52. The maximum Gasteiger partial charge on any atom is 0.309 e. The van der Waals surface area contributed by atoms with Gasteiger partial charge in [0.1, 0.15) is 0 Å². The lowest BCUT2D eigenvalue weighted by Crippen LogP contribution is -2.01. The van der Waals surface area contributed by atoms with Crippen LogP contribution in [0, 0.1) is 0 Å². The molecule has 0 aliphatic heterocycles. The molecule has 0 spiro atoms. The number of hydrogen-bond donors (Lipinski definition) is 1. The summed E-state index contributed by atoms with van der Waals surface area (Å²) in [4.78, 5) is 14.6. The fraction of sp³-hybridized carbons (Fsp3) is 0.231. The molecule has 4 nitrogen and oxygen atoms in total. The molecule has 0 saturated carbocycles. The maximum atomic E-state index is 10.5. The Labute approximate surface area is 99.5 Å². The van der Waals surface area contributed by atoms with E-state index < -0.39 is 5.97 Å². The van der Waals surface area contributed by atoms with E-state index >= 15 is 0 Å². The second kappa shape index (κ2) is 5.30. The molecule has 0 aliphatic carbocycles. The molecule has 2 aromatic rings. The van der Waals surface area contributed by atoms with Crippen LogP contribution < -0.4 is 0 Å². The van der Waals surface area contributed by atoms with Gasteiger partial charge in [-0.15, -0.1) is 0 Å². The number of hydrogen-bond acceptors (Lipinski definition) is 2. The molecule has 1 N–H and O–H groups in total. The minimum absolute atomic E-state index is 0.0155. The number of aliphatic carboxylic acids is 1. The van der Waals surface area contributed by atoms with E-state index in [2.05, 4.69) is 17.1 Å². The third-order valence-corrected chi connectivity index (χ3v) is 2.52. The molecule has 1 aromatic carbocycles. The number of nitrogens with zero attached hydrogens (tertiary/aromatic N) is 2. The first-order chi connectivity index (χ1) is 8.24. The van der Waals surface area contributed by atoms with Gasteiger partial charge in [0.2, 0.25) is 0 Å². The summed E-state index contributed by atoms with van der Waals surface area (Å²) in [5.41, 5.74) is 1.87. The summed E-state index contributed by atoms with van der Waals surface area (Å²) < 4.78 is 1.92. The third kappa shape index (κ3) is 3.45. The zero-order valence-corrected chi connectivity index (χ0v) is 9.41. The summed E-state index contributed by atoms with van der Waals surface area (Å²) in [6.45, 7) is 0.816. The van der Waals surface area contributed by atoms with Gasteiger partial charge >= 0.3 is 5.97 Å². The Hall–Kier alpha value is -2.10. The zero-order chi connectivity index (χ0) is 12.1. The molecule has 2 rings (SSSR count). The van der Waals surface area contributed by atoms with E-state index in [4.69, 9.17) is 5.11 Å². The van der Waals surface area contributed by atoms with Gasteiger partial charge in [0, 0.05) is 12.7 Å². The first kappa shape index (κ1) is 11.4. The van der Waals surface area contributed by atoms with E-state index in [1.165, 1.54) is 5.56 Å². The predicted octanol–water partition coefficient (Wildman–Crippen LogP) is 1.75. The standard InChI is InChI=1S/C13H14N2O2/c16-13(17)8-12-9-15(10-14-12)7-6-11-4-2-1-3-5-11/h1-5,9-10H,6-8H2,(H,16,17). The van der Waals surface area contributed by atoms with Crippen LogP contribution in [0.25, 0.3) is 0 Å². The summed E-state index contributed by atoms with van der Waals surface area (Å²) in [5.74, 6) is -0.849. The van der Waals surface area contributed by atoms with Crippen molar-refractivity contribution in [3.8, 4) is 0 Å². The Bertz CT molecular complexity index is 491. The molecule has 1 heterocycles. The number of rotatable bonds is 5. The summed E-state index contributed by atoms with van der Waals surface area (Å²) in [6, 6.07) is 10.2. The van der Waals surface area contributed by atoms with Gasteiger partial charge in [-0.25, -0.2) is 4.98 Å². The van der Waals surface area contributed by atoms with E-state index in [0.29, 0.717) is 5.69 Å². The molecule has 17 heavy (non-hydrogen) atoms. The second-order valence-corrected chi connectivity index (χ2v) is 3.91. The molecule has 0 saturated heterocycles. The SMILES string of the molecule is O=C(O)Cc1cn(CCc2ccccc2)cn1. The molecule has 0 unspecified atom stereocenters. The van der Waals surface area contributed by atoms with Crippen LogP contribution in [0.15, 0.2) is 42.9 Å². The molecular formula is C13H14N2O2. The topological polar surface area (TPSA) is 55.1 Å². The van der Waals surface area contributed by atoms with Crippen molar-refractivity contribution in [3.63, 3.8) is 0 Å². The highest BCUT2D eigenvalue weighted by Crippen LogP contribution is 2.03. The number of benzene rings is 1. The van der Waals surface area contributed by atoms with Crippen molar-refractivity contribution in [2.45, 2.75) is 19.4 Å². The van der Waals surface area contributed by atoms with Crippen molar-refractivity contribution in [2.24, 2.45) is 0 Å². The number of aromatic nitrogens is 2. The van der Waals surface area contributed by atoms with Crippen molar-refractivity contribution in [3.05, 3.63) is 54.1 Å². The monoisotopic (exact) mass is 230 g/mol. The van der Waals surface area contributed by atoms with Crippen LogP contribution in [-0.4, -0.2) is 20.6 Å². The quantitative estimate of drug-likeness (QED) is 0.851. The molecule has 0 bridgehead atoms. The molecular weight excluding hydrogens is 216 g/mol. The largest absolute Gasteiger partial charge is 0.481 e. The molecule has 0 atom stereocenters. The first-order valence-electron chi connectivity index (χ1n) is 5.50. The Morgan fingerprint density at radius 1 is 1.29 bits per heavy atom. The molecule has 4 heteroatoms. The summed E-state index contributed by atoms with van der Waals surface area (Å²) in [7, 11) is 0. The van der Waals surface area contributed by atoms with Gasteiger partial charge in [0.05, 0.1) is 18.4 Å². The van der Waals surface area contributed by atoms with Gasteiger partial charge in [-0.2, -0.15) is 0 Å². The van der Waals surface area contributed by atoms with Crippen LogP contribution in [-0.2, 0) is 24.2 Å². The van der Waals surface area contributed by atoms with Crippen molar-refractivity contribution < 1.29 is 9.90 Å². The van der Waals surface area contributed by atoms with Gasteiger partial charge < -0.3 is 9.67 Å². The van der Waals surface area contributed by atoms with Crippen LogP contribution >= 0.6 is 0 Å². The Kier molecular flexibility index (Phi) is 3.55. The fourth-order valence-electron chi connectivity index (χ4n) is 1.68. The van der Waals surface area contributed by atoms with Crippen LogP contribution in [0.4, 0.5) is 0 Å². The van der Waals surface area contributed by atoms with Gasteiger partial charge in [0.25, 0.3) is 0 Å². The highest BCUT2D eigenvalue weighted by Gasteiger charge is 2.03. The Balaban J connectivity index is 1.91. The summed E-state index contributed by atoms with van der Waals surface area (Å²) >= 11 is 0. The number of carboxylic acid groups (broad SMARTS) is 1. The smallest absolute Gasteiger partial charge is 0.309 e. The van der Waals surface area contributed by atoms with E-state index in [1.54, 1.807) is 12.5 Å². The van der Waals surface area contributed by atoms with Crippen LogP contribution in [0.2, 0.25) is 0 Å². The first-order valence-corrected chi connectivity index (χ1v) is 5.50.